The number of rotatable bonds is 14. The summed E-state index contributed by atoms with van der Waals surface area (Å²) >= 11 is 0. The predicted molar refractivity (Wildman–Crippen MR) is 181 cm³/mol. The molecule has 5 rings (SSSR count). The van der Waals surface area contributed by atoms with E-state index in [4.69, 9.17) is 28.4 Å². The number of carboxylic acid groups (broad SMARTS) is 2. The highest BCUT2D eigenvalue weighted by Crippen LogP contribution is 2.40. The van der Waals surface area contributed by atoms with Crippen LogP contribution in [0, 0.1) is 17.8 Å². The molecule has 16 nitrogen and oxygen atoms in total. The van der Waals surface area contributed by atoms with Crippen molar-refractivity contribution in [2.75, 3.05) is 6.61 Å². The molecule has 7 N–H and O–H groups in total. The predicted octanol–water partition coefficient (Wildman–Crippen LogP) is 1.22. The molecular weight excluding hydrogens is 700 g/mol. The molecule has 2 aliphatic carbocycles. The summed E-state index contributed by atoms with van der Waals surface area (Å²) in [5.74, 6) is -4.65. The number of aliphatic carboxylic acids is 2. The first kappa shape index (κ1) is 41.4. The molecule has 0 amide bonds. The molecule has 0 aromatic heterocycles. The van der Waals surface area contributed by atoms with Crippen molar-refractivity contribution in [3.05, 3.63) is 35.9 Å². The maximum atomic E-state index is 13.6. The van der Waals surface area contributed by atoms with Crippen LogP contribution >= 0.6 is 0 Å². The summed E-state index contributed by atoms with van der Waals surface area (Å²) in [7, 11) is 0. The monoisotopic (exact) mass is 754 g/mol. The first-order valence-electron chi connectivity index (χ1n) is 18.6. The van der Waals surface area contributed by atoms with Crippen molar-refractivity contribution in [1.29, 1.82) is 0 Å². The SMILES string of the molecule is CCC1CC(C(=O)O)C[C@@H](O[C@@H]2O[C@@H](CO)[C@H](O)C(O[C@@H](CC3CCCCC3)C(=O)O)C2OC(=O)c2ccccc2)[C@@H]1O[C@@H]1OC(C)[C@@H](O)[C@H](O)C1O. The number of carbonyl (C=O) groups is 3. The van der Waals surface area contributed by atoms with Gasteiger partial charge in [-0.3, -0.25) is 4.79 Å². The highest BCUT2D eigenvalue weighted by Gasteiger charge is 2.54. The molecule has 1 aromatic rings. The van der Waals surface area contributed by atoms with Crippen LogP contribution in [0.5, 0.6) is 0 Å². The molecule has 53 heavy (non-hydrogen) atoms. The number of ether oxygens (including phenoxy) is 6. The fraction of sp³-hybridized carbons (Fsp3) is 0.757. The second-order valence-corrected chi connectivity index (χ2v) is 14.8. The van der Waals surface area contributed by atoms with Crippen molar-refractivity contribution in [2.24, 2.45) is 17.8 Å². The highest BCUT2D eigenvalue weighted by molar-refractivity contribution is 5.89. The number of hydrogen-bond acceptors (Lipinski definition) is 14. The van der Waals surface area contributed by atoms with Gasteiger partial charge in [0.05, 0.1) is 36.4 Å². The van der Waals surface area contributed by atoms with Gasteiger partial charge >= 0.3 is 17.9 Å². The number of aliphatic hydroxyl groups excluding tert-OH is 5. The van der Waals surface area contributed by atoms with Crippen LogP contribution in [0.3, 0.4) is 0 Å². The summed E-state index contributed by atoms with van der Waals surface area (Å²) < 4.78 is 36.5. The van der Waals surface area contributed by atoms with Gasteiger partial charge < -0.3 is 64.2 Å². The highest BCUT2D eigenvalue weighted by atomic mass is 16.7. The summed E-state index contributed by atoms with van der Waals surface area (Å²) in [4.78, 5) is 38.5. The van der Waals surface area contributed by atoms with E-state index in [1.54, 1.807) is 18.2 Å². The Morgan fingerprint density at radius 2 is 1.53 bits per heavy atom. The molecule has 0 spiro atoms. The average molecular weight is 755 g/mol. The summed E-state index contributed by atoms with van der Waals surface area (Å²) in [5.41, 5.74) is 0.120. The molecule has 2 aliphatic heterocycles. The number of esters is 1. The Morgan fingerprint density at radius 3 is 2.15 bits per heavy atom. The minimum Gasteiger partial charge on any atom is -0.481 e. The third-order valence-electron chi connectivity index (χ3n) is 11.1. The third kappa shape index (κ3) is 9.92. The number of carboxylic acids is 2. The van der Waals surface area contributed by atoms with Crippen LogP contribution in [-0.4, -0.2) is 140 Å². The summed E-state index contributed by atoms with van der Waals surface area (Å²) in [6.07, 6.45) is -13.5. The lowest BCUT2D eigenvalue weighted by atomic mass is 9.76. The molecule has 0 bridgehead atoms. The van der Waals surface area contributed by atoms with Gasteiger partial charge in [0.2, 0.25) is 0 Å². The number of aliphatic hydroxyl groups is 5. The molecule has 4 fully saturated rings. The minimum absolute atomic E-state index is 0.0478. The quantitative estimate of drug-likeness (QED) is 0.132. The molecule has 4 aliphatic rings. The van der Waals surface area contributed by atoms with E-state index in [0.29, 0.717) is 6.42 Å². The van der Waals surface area contributed by atoms with E-state index in [0.717, 1.165) is 32.1 Å². The Bertz CT molecular complexity index is 1340. The van der Waals surface area contributed by atoms with Gasteiger partial charge in [-0.1, -0.05) is 63.6 Å². The topological polar surface area (TPSA) is 248 Å². The summed E-state index contributed by atoms with van der Waals surface area (Å²) in [5, 5.41) is 73.6. The molecule has 16 heteroatoms. The van der Waals surface area contributed by atoms with Crippen LogP contribution < -0.4 is 0 Å². The van der Waals surface area contributed by atoms with Gasteiger partial charge in [0.1, 0.15) is 36.6 Å². The van der Waals surface area contributed by atoms with E-state index in [1.165, 1.54) is 19.1 Å². The lowest BCUT2D eigenvalue weighted by molar-refractivity contribution is -0.349. The lowest BCUT2D eigenvalue weighted by Gasteiger charge is -2.48. The van der Waals surface area contributed by atoms with Crippen molar-refractivity contribution in [1.82, 2.24) is 0 Å². The van der Waals surface area contributed by atoms with E-state index in [1.807, 2.05) is 6.92 Å². The zero-order chi connectivity index (χ0) is 38.4. The molecule has 2 heterocycles. The van der Waals surface area contributed by atoms with E-state index < -0.39 is 116 Å². The lowest BCUT2D eigenvalue weighted by Crippen LogP contribution is -2.64. The zero-order valence-corrected chi connectivity index (χ0v) is 30.0. The Morgan fingerprint density at radius 1 is 0.830 bits per heavy atom. The molecule has 2 saturated carbocycles. The largest absolute Gasteiger partial charge is 0.481 e. The Labute approximate surface area is 307 Å². The van der Waals surface area contributed by atoms with Gasteiger partial charge in [-0.15, -0.1) is 0 Å². The van der Waals surface area contributed by atoms with Gasteiger partial charge in [-0.25, -0.2) is 9.59 Å². The van der Waals surface area contributed by atoms with Crippen molar-refractivity contribution < 1.29 is 78.6 Å². The molecular formula is C37H54O16. The molecule has 1 aromatic carbocycles. The number of carbonyl (C=O) groups excluding carboxylic acids is 1. The molecule has 15 atom stereocenters. The van der Waals surface area contributed by atoms with E-state index in [-0.39, 0.29) is 30.7 Å². The van der Waals surface area contributed by atoms with Crippen LogP contribution in [0.4, 0.5) is 0 Å². The van der Waals surface area contributed by atoms with Crippen LogP contribution in [-0.2, 0) is 38.0 Å². The number of benzene rings is 1. The Hall–Kier alpha value is -2.77. The van der Waals surface area contributed by atoms with Gasteiger partial charge in [-0.05, 0) is 50.2 Å². The second-order valence-electron chi connectivity index (χ2n) is 14.8. The van der Waals surface area contributed by atoms with Gasteiger partial charge in [0.15, 0.2) is 24.8 Å². The Balaban J connectivity index is 1.49. The molecule has 298 valence electrons. The van der Waals surface area contributed by atoms with E-state index in [9.17, 15) is 50.1 Å². The van der Waals surface area contributed by atoms with E-state index in [2.05, 4.69) is 0 Å². The fourth-order valence-corrected chi connectivity index (χ4v) is 8.03. The van der Waals surface area contributed by atoms with Crippen LogP contribution in [0.25, 0.3) is 0 Å². The van der Waals surface area contributed by atoms with Crippen LogP contribution in [0.2, 0.25) is 0 Å². The van der Waals surface area contributed by atoms with Crippen LogP contribution in [0.15, 0.2) is 30.3 Å². The minimum atomic E-state index is -1.68. The first-order chi connectivity index (χ1) is 25.3. The smallest absolute Gasteiger partial charge is 0.338 e. The van der Waals surface area contributed by atoms with Gasteiger partial charge in [-0.2, -0.15) is 0 Å². The van der Waals surface area contributed by atoms with Gasteiger partial charge in [0.25, 0.3) is 0 Å². The standard InChI is InChI=1S/C37H54O16/c1-3-20-15-22(33(43)44)16-23(30(20)53-36-29(42)28(41)26(39)18(2)48-36)50-37-32(52-35(47)21-12-8-5-9-13-21)31(27(40)25(17-38)51-37)49-24(34(45)46)14-19-10-6-4-7-11-19/h5,8-9,12-13,18-20,22-32,36-42H,3-4,6-7,10-11,14-17H2,1-2H3,(H,43,44)(H,45,46)/t18?,20?,22?,23-,24+,25+,26-,27+,28+,29?,30-,31?,32?,36+,37-/m1/s1. The number of hydrogen-bond donors (Lipinski definition) is 7. The first-order valence-corrected chi connectivity index (χ1v) is 18.6. The zero-order valence-electron chi connectivity index (χ0n) is 30.0. The van der Waals surface area contributed by atoms with Crippen molar-refractivity contribution >= 4 is 17.9 Å². The maximum Gasteiger partial charge on any atom is 0.338 e. The molecule has 0 radical (unpaired) electrons. The maximum absolute atomic E-state index is 13.6. The normalized spacial score (nSPS) is 38.8. The Kier molecular flexibility index (Phi) is 14.6. The summed E-state index contributed by atoms with van der Waals surface area (Å²) in [6, 6.07) is 7.89. The van der Waals surface area contributed by atoms with Crippen molar-refractivity contribution in [3.8, 4) is 0 Å². The molecule has 6 unspecified atom stereocenters. The van der Waals surface area contributed by atoms with Crippen LogP contribution in [0.1, 0.15) is 82.0 Å². The average Bonchev–Trinajstić information content (AvgIpc) is 3.15. The second kappa shape index (κ2) is 18.7. The van der Waals surface area contributed by atoms with E-state index >= 15 is 0 Å². The summed E-state index contributed by atoms with van der Waals surface area (Å²) in [6.45, 7) is 2.54. The fourth-order valence-electron chi connectivity index (χ4n) is 8.03. The van der Waals surface area contributed by atoms with Crippen molar-refractivity contribution in [3.63, 3.8) is 0 Å². The van der Waals surface area contributed by atoms with Crippen molar-refractivity contribution in [2.45, 2.75) is 151 Å². The third-order valence-corrected chi connectivity index (χ3v) is 11.1. The molecule has 2 saturated heterocycles. The van der Waals surface area contributed by atoms with Gasteiger partial charge in [0, 0.05) is 0 Å².